The van der Waals surface area contributed by atoms with E-state index in [0.29, 0.717) is 18.3 Å². The summed E-state index contributed by atoms with van der Waals surface area (Å²) >= 11 is 0. The molecule has 0 amide bonds. The van der Waals surface area contributed by atoms with Crippen LogP contribution in [0.2, 0.25) is 0 Å². The van der Waals surface area contributed by atoms with Crippen LogP contribution < -0.4 is 15.0 Å². The van der Waals surface area contributed by atoms with Crippen LogP contribution >= 0.6 is 0 Å². The fourth-order valence-corrected chi connectivity index (χ4v) is 2.82. The number of rotatable bonds is 7. The second kappa shape index (κ2) is 8.84. The molecular formula is C23H21N5O. The molecule has 0 bridgehead atoms. The summed E-state index contributed by atoms with van der Waals surface area (Å²) in [6, 6.07) is 27.6. The molecular weight excluding hydrogens is 362 g/mol. The fraction of sp³-hybridized carbons (Fsp3) is 0.0870. The van der Waals surface area contributed by atoms with Gasteiger partial charge in [0.15, 0.2) is 5.82 Å². The Labute approximate surface area is 169 Å². The van der Waals surface area contributed by atoms with Crippen molar-refractivity contribution in [1.29, 1.82) is 0 Å². The van der Waals surface area contributed by atoms with E-state index >= 15 is 0 Å². The molecule has 144 valence electrons. The van der Waals surface area contributed by atoms with Crippen molar-refractivity contribution < 1.29 is 4.74 Å². The quantitative estimate of drug-likeness (QED) is 0.482. The minimum Gasteiger partial charge on any atom is -0.457 e. The number of hydrogen-bond acceptors (Lipinski definition) is 6. The molecule has 0 aliphatic rings. The van der Waals surface area contributed by atoms with Crippen LogP contribution in [0.25, 0.3) is 0 Å². The Morgan fingerprint density at radius 1 is 0.828 bits per heavy atom. The van der Waals surface area contributed by atoms with Gasteiger partial charge in [-0.1, -0.05) is 48.5 Å². The van der Waals surface area contributed by atoms with Crippen molar-refractivity contribution in [3.63, 3.8) is 0 Å². The van der Waals surface area contributed by atoms with Gasteiger partial charge in [0.2, 0.25) is 5.95 Å². The monoisotopic (exact) mass is 383 g/mol. The molecule has 4 rings (SSSR count). The lowest BCUT2D eigenvalue weighted by Crippen LogP contribution is -2.19. The number of aromatic nitrogens is 3. The number of ether oxygens (including phenoxy) is 1. The highest BCUT2D eigenvalue weighted by Gasteiger charge is 2.08. The molecule has 29 heavy (non-hydrogen) atoms. The highest BCUT2D eigenvalue weighted by molar-refractivity contribution is 5.57. The molecule has 1 aromatic heterocycles. The van der Waals surface area contributed by atoms with E-state index in [4.69, 9.17) is 4.74 Å². The SMILES string of the molecule is CN(Cc1ccccc1)c1nncc(Nc2ccc(Oc3ccccc3)cc2)n1. The predicted molar refractivity (Wildman–Crippen MR) is 115 cm³/mol. The van der Waals surface area contributed by atoms with E-state index in [1.54, 1.807) is 6.20 Å². The summed E-state index contributed by atoms with van der Waals surface area (Å²) in [5, 5.41) is 11.5. The van der Waals surface area contributed by atoms with Crippen LogP contribution in [-0.4, -0.2) is 22.2 Å². The zero-order valence-electron chi connectivity index (χ0n) is 16.1. The Bertz CT molecular complexity index is 1040. The number of nitrogens with one attached hydrogen (secondary N) is 1. The van der Waals surface area contributed by atoms with Crippen molar-refractivity contribution in [1.82, 2.24) is 15.2 Å². The Hall–Kier alpha value is -3.93. The van der Waals surface area contributed by atoms with E-state index in [9.17, 15) is 0 Å². The van der Waals surface area contributed by atoms with E-state index in [2.05, 4.69) is 32.6 Å². The lowest BCUT2D eigenvalue weighted by atomic mass is 10.2. The second-order valence-corrected chi connectivity index (χ2v) is 6.55. The average Bonchev–Trinajstić information content (AvgIpc) is 2.77. The van der Waals surface area contributed by atoms with Gasteiger partial charge < -0.3 is 15.0 Å². The zero-order valence-corrected chi connectivity index (χ0v) is 16.1. The molecule has 0 radical (unpaired) electrons. The summed E-state index contributed by atoms with van der Waals surface area (Å²) in [6.45, 7) is 0.706. The summed E-state index contributed by atoms with van der Waals surface area (Å²) in [6.07, 6.45) is 1.61. The van der Waals surface area contributed by atoms with Gasteiger partial charge in [-0.2, -0.15) is 10.1 Å². The van der Waals surface area contributed by atoms with Crippen molar-refractivity contribution >= 4 is 17.5 Å². The first kappa shape index (κ1) is 18.4. The van der Waals surface area contributed by atoms with Gasteiger partial charge in [0.1, 0.15) is 11.5 Å². The molecule has 6 nitrogen and oxygen atoms in total. The second-order valence-electron chi connectivity index (χ2n) is 6.55. The van der Waals surface area contributed by atoms with Crippen LogP contribution in [0.1, 0.15) is 5.56 Å². The maximum atomic E-state index is 5.82. The van der Waals surface area contributed by atoms with Crippen LogP contribution in [0.15, 0.2) is 91.1 Å². The van der Waals surface area contributed by atoms with E-state index in [1.807, 2.05) is 84.7 Å². The van der Waals surface area contributed by atoms with Crippen LogP contribution in [-0.2, 0) is 6.54 Å². The highest BCUT2D eigenvalue weighted by atomic mass is 16.5. The Morgan fingerprint density at radius 3 is 2.21 bits per heavy atom. The van der Waals surface area contributed by atoms with Gasteiger partial charge >= 0.3 is 0 Å². The maximum Gasteiger partial charge on any atom is 0.247 e. The topological polar surface area (TPSA) is 63.2 Å². The van der Waals surface area contributed by atoms with Gasteiger partial charge in [-0.25, -0.2) is 0 Å². The van der Waals surface area contributed by atoms with E-state index in [1.165, 1.54) is 5.56 Å². The largest absolute Gasteiger partial charge is 0.457 e. The van der Waals surface area contributed by atoms with Crippen molar-refractivity contribution in [2.45, 2.75) is 6.54 Å². The first-order chi connectivity index (χ1) is 14.3. The van der Waals surface area contributed by atoms with Gasteiger partial charge in [-0.15, -0.1) is 5.10 Å². The van der Waals surface area contributed by atoms with Crippen molar-refractivity contribution in [2.75, 3.05) is 17.3 Å². The third kappa shape index (κ3) is 5.07. The minimum atomic E-state index is 0.558. The van der Waals surface area contributed by atoms with Crippen LogP contribution in [0.3, 0.4) is 0 Å². The van der Waals surface area contributed by atoms with Crippen molar-refractivity contribution in [3.8, 4) is 11.5 Å². The predicted octanol–water partition coefficient (Wildman–Crippen LogP) is 5.04. The summed E-state index contributed by atoms with van der Waals surface area (Å²) in [4.78, 5) is 6.53. The van der Waals surface area contributed by atoms with Gasteiger partial charge in [0, 0.05) is 19.3 Å². The van der Waals surface area contributed by atoms with Gasteiger partial charge in [0.05, 0.1) is 6.20 Å². The maximum absolute atomic E-state index is 5.82. The van der Waals surface area contributed by atoms with Crippen LogP contribution in [0.4, 0.5) is 17.5 Å². The van der Waals surface area contributed by atoms with Crippen molar-refractivity contribution in [3.05, 3.63) is 96.7 Å². The number of nitrogens with zero attached hydrogens (tertiary/aromatic N) is 4. The summed E-state index contributed by atoms with van der Waals surface area (Å²) in [5.74, 6) is 2.76. The van der Waals surface area contributed by atoms with Gasteiger partial charge in [-0.05, 0) is 42.0 Å². The normalized spacial score (nSPS) is 10.4. The Kier molecular flexibility index (Phi) is 5.62. The Balaban J connectivity index is 1.41. The summed E-state index contributed by atoms with van der Waals surface area (Å²) in [5.41, 5.74) is 2.08. The van der Waals surface area contributed by atoms with E-state index in [0.717, 1.165) is 17.2 Å². The van der Waals surface area contributed by atoms with Gasteiger partial charge in [-0.3, -0.25) is 0 Å². The fourth-order valence-electron chi connectivity index (χ4n) is 2.82. The molecule has 4 aromatic rings. The molecule has 1 N–H and O–H groups in total. The summed E-state index contributed by atoms with van der Waals surface area (Å²) in [7, 11) is 1.95. The van der Waals surface area contributed by atoms with E-state index < -0.39 is 0 Å². The summed E-state index contributed by atoms with van der Waals surface area (Å²) < 4.78 is 5.82. The van der Waals surface area contributed by atoms with Crippen molar-refractivity contribution in [2.24, 2.45) is 0 Å². The molecule has 0 saturated heterocycles. The molecule has 6 heteroatoms. The first-order valence-electron chi connectivity index (χ1n) is 9.31. The number of hydrogen-bond donors (Lipinski definition) is 1. The lowest BCUT2D eigenvalue weighted by molar-refractivity contribution is 0.483. The molecule has 0 aliphatic heterocycles. The third-order valence-corrected chi connectivity index (χ3v) is 4.26. The molecule has 0 unspecified atom stereocenters. The molecule has 3 aromatic carbocycles. The lowest BCUT2D eigenvalue weighted by Gasteiger charge is -2.17. The first-order valence-corrected chi connectivity index (χ1v) is 9.31. The average molecular weight is 383 g/mol. The molecule has 0 saturated carbocycles. The smallest absolute Gasteiger partial charge is 0.247 e. The molecule has 0 spiro atoms. The standard InChI is InChI=1S/C23H21N5O/c1-28(17-18-8-4-2-5-9-18)23-26-22(16-24-27-23)25-19-12-14-21(15-13-19)29-20-10-6-3-7-11-20/h2-16H,17H2,1H3,(H,25,26,27). The van der Waals surface area contributed by atoms with Crippen LogP contribution in [0, 0.1) is 0 Å². The third-order valence-electron chi connectivity index (χ3n) is 4.26. The zero-order chi connectivity index (χ0) is 19.9. The minimum absolute atomic E-state index is 0.558. The number of para-hydroxylation sites is 1. The van der Waals surface area contributed by atoms with Gasteiger partial charge in [0.25, 0.3) is 0 Å². The number of benzene rings is 3. The van der Waals surface area contributed by atoms with Crippen LogP contribution in [0.5, 0.6) is 11.5 Å². The molecule has 0 atom stereocenters. The molecule has 1 heterocycles. The molecule has 0 fully saturated rings. The molecule has 0 aliphatic carbocycles. The number of anilines is 3. The Morgan fingerprint density at radius 2 is 1.48 bits per heavy atom. The van der Waals surface area contributed by atoms with E-state index in [-0.39, 0.29) is 0 Å². The highest BCUT2D eigenvalue weighted by Crippen LogP contribution is 2.24.